The minimum atomic E-state index is -0.275. The predicted molar refractivity (Wildman–Crippen MR) is 91.6 cm³/mol. The van der Waals surface area contributed by atoms with Gasteiger partial charge < -0.3 is 16.0 Å². The average molecular weight is 313 g/mol. The van der Waals surface area contributed by atoms with E-state index in [1.807, 2.05) is 12.1 Å². The van der Waals surface area contributed by atoms with Crippen LogP contribution in [-0.2, 0) is 0 Å². The Morgan fingerprint density at radius 2 is 1.83 bits per heavy atom. The zero-order valence-corrected chi connectivity index (χ0v) is 13.7. The first-order chi connectivity index (χ1) is 10.9. The lowest BCUT2D eigenvalue weighted by atomic mass is 9.99. The molecule has 0 aliphatic carbocycles. The van der Waals surface area contributed by atoms with Gasteiger partial charge in [0.25, 0.3) is 5.91 Å². The van der Waals surface area contributed by atoms with Gasteiger partial charge in [-0.3, -0.25) is 9.59 Å². The highest BCUT2D eigenvalue weighted by Crippen LogP contribution is 2.17. The van der Waals surface area contributed by atoms with Crippen molar-refractivity contribution in [1.29, 1.82) is 0 Å². The Morgan fingerprint density at radius 1 is 1.22 bits per heavy atom. The molecule has 122 valence electrons. The monoisotopic (exact) mass is 313 g/mol. The Morgan fingerprint density at radius 3 is 2.39 bits per heavy atom. The summed E-state index contributed by atoms with van der Waals surface area (Å²) < 4.78 is 0. The second kappa shape index (κ2) is 7.24. The van der Waals surface area contributed by atoms with Crippen LogP contribution in [0.4, 0.5) is 0 Å². The summed E-state index contributed by atoms with van der Waals surface area (Å²) in [4.78, 5) is 25.9. The van der Waals surface area contributed by atoms with Gasteiger partial charge in [0.1, 0.15) is 0 Å². The van der Waals surface area contributed by atoms with E-state index < -0.39 is 0 Å². The van der Waals surface area contributed by atoms with Gasteiger partial charge in [-0.25, -0.2) is 0 Å². The third kappa shape index (κ3) is 4.29. The Bertz CT molecular complexity index is 733. The summed E-state index contributed by atoms with van der Waals surface area (Å²) in [7, 11) is 0. The number of hydrogen-bond donors (Lipinski definition) is 3. The molecule has 0 radical (unpaired) electrons. The Hall–Kier alpha value is -2.40. The summed E-state index contributed by atoms with van der Waals surface area (Å²) >= 11 is 0. The molecule has 0 saturated carbocycles. The van der Waals surface area contributed by atoms with Crippen molar-refractivity contribution in [2.24, 2.45) is 5.73 Å². The molecule has 4 N–H and O–H groups in total. The number of benzene rings is 1. The van der Waals surface area contributed by atoms with Crippen molar-refractivity contribution in [3.63, 3.8) is 0 Å². The van der Waals surface area contributed by atoms with Gasteiger partial charge in [-0.2, -0.15) is 0 Å². The van der Waals surface area contributed by atoms with Gasteiger partial charge in [-0.15, -0.1) is 0 Å². The number of H-pyrrole nitrogens is 1. The molecule has 0 aliphatic heterocycles. The van der Waals surface area contributed by atoms with Crippen LogP contribution in [0.2, 0.25) is 0 Å². The van der Waals surface area contributed by atoms with Crippen molar-refractivity contribution in [2.45, 2.75) is 32.7 Å². The molecule has 0 aliphatic rings. The number of hydrogen-bond acceptors (Lipinski definition) is 3. The van der Waals surface area contributed by atoms with E-state index in [4.69, 9.17) is 5.73 Å². The standard InChI is InChI=1S/C18H23N3O2/c1-11(2)13-4-6-14(7-5-13)16(19)10-21-18(23)15-9-20-17(22)8-12(15)3/h4-9,11,16H,10,19H2,1-3H3,(H,20,22)(H,21,23). The Kier molecular flexibility index (Phi) is 5.34. The molecule has 1 aromatic heterocycles. The minimum Gasteiger partial charge on any atom is -0.350 e. The highest BCUT2D eigenvalue weighted by Gasteiger charge is 2.12. The third-order valence-electron chi connectivity index (χ3n) is 3.89. The van der Waals surface area contributed by atoms with Gasteiger partial charge in [-0.1, -0.05) is 38.1 Å². The van der Waals surface area contributed by atoms with Crippen LogP contribution in [0.5, 0.6) is 0 Å². The molecule has 23 heavy (non-hydrogen) atoms. The first-order valence-corrected chi connectivity index (χ1v) is 7.71. The quantitative estimate of drug-likeness (QED) is 0.791. The number of nitrogens with one attached hydrogen (secondary N) is 2. The highest BCUT2D eigenvalue weighted by molar-refractivity contribution is 5.95. The molecular weight excluding hydrogens is 290 g/mol. The molecule has 1 heterocycles. The molecule has 1 atom stereocenters. The predicted octanol–water partition coefficient (Wildman–Crippen LogP) is 2.24. The van der Waals surface area contributed by atoms with Crippen molar-refractivity contribution < 1.29 is 4.79 Å². The van der Waals surface area contributed by atoms with E-state index in [0.29, 0.717) is 23.6 Å². The van der Waals surface area contributed by atoms with Gasteiger partial charge in [0.2, 0.25) is 5.56 Å². The lowest BCUT2D eigenvalue weighted by Crippen LogP contribution is -2.32. The molecule has 0 saturated heterocycles. The van der Waals surface area contributed by atoms with Gasteiger partial charge in [0.05, 0.1) is 5.56 Å². The van der Waals surface area contributed by atoms with Crippen molar-refractivity contribution in [3.05, 3.63) is 69.1 Å². The fourth-order valence-corrected chi connectivity index (χ4v) is 2.36. The Balaban J connectivity index is 1.99. The van der Waals surface area contributed by atoms with E-state index >= 15 is 0 Å². The van der Waals surface area contributed by atoms with Gasteiger partial charge in [0, 0.05) is 24.8 Å². The fourth-order valence-electron chi connectivity index (χ4n) is 2.36. The molecule has 5 heteroatoms. The number of carbonyl (C=O) groups is 1. The van der Waals surface area contributed by atoms with E-state index in [0.717, 1.165) is 5.56 Å². The van der Waals surface area contributed by atoms with Crippen molar-refractivity contribution in [3.8, 4) is 0 Å². The van der Waals surface area contributed by atoms with E-state index in [2.05, 4.69) is 36.3 Å². The maximum Gasteiger partial charge on any atom is 0.253 e. The van der Waals surface area contributed by atoms with Gasteiger partial charge in [0.15, 0.2) is 0 Å². The summed E-state index contributed by atoms with van der Waals surface area (Å²) in [5.74, 6) is 0.233. The number of carbonyl (C=O) groups excluding carboxylic acids is 1. The van der Waals surface area contributed by atoms with Gasteiger partial charge >= 0.3 is 0 Å². The largest absolute Gasteiger partial charge is 0.350 e. The van der Waals surface area contributed by atoms with Crippen LogP contribution >= 0.6 is 0 Å². The maximum atomic E-state index is 12.2. The van der Waals surface area contributed by atoms with Crippen LogP contribution in [0.1, 0.15) is 52.9 Å². The number of nitrogens with two attached hydrogens (primary N) is 1. The molecule has 2 rings (SSSR count). The first kappa shape index (κ1) is 17.0. The maximum absolute atomic E-state index is 12.2. The molecule has 5 nitrogen and oxygen atoms in total. The van der Waals surface area contributed by atoms with E-state index in [1.165, 1.54) is 17.8 Å². The number of amides is 1. The molecule has 1 unspecified atom stereocenters. The molecule has 1 aromatic carbocycles. The zero-order valence-electron chi connectivity index (χ0n) is 13.7. The summed E-state index contributed by atoms with van der Waals surface area (Å²) in [6, 6.07) is 9.25. The van der Waals surface area contributed by atoms with Crippen LogP contribution in [-0.4, -0.2) is 17.4 Å². The smallest absolute Gasteiger partial charge is 0.253 e. The molecule has 0 fully saturated rings. The van der Waals surface area contributed by atoms with Crippen molar-refractivity contribution in [1.82, 2.24) is 10.3 Å². The minimum absolute atomic E-state index is 0.221. The molecule has 0 spiro atoms. The summed E-state index contributed by atoms with van der Waals surface area (Å²) in [6.07, 6.45) is 1.43. The molecule has 2 aromatic rings. The van der Waals surface area contributed by atoms with E-state index in [9.17, 15) is 9.59 Å². The number of pyridine rings is 1. The Labute approximate surface area is 135 Å². The second-order valence-electron chi connectivity index (χ2n) is 6.03. The lowest BCUT2D eigenvalue weighted by molar-refractivity contribution is 0.0950. The number of aromatic nitrogens is 1. The summed E-state index contributed by atoms with van der Waals surface area (Å²) in [5.41, 5.74) is 9.24. The van der Waals surface area contributed by atoms with E-state index in [-0.39, 0.29) is 17.5 Å². The average Bonchev–Trinajstić information content (AvgIpc) is 2.52. The summed E-state index contributed by atoms with van der Waals surface area (Å²) in [5, 5.41) is 2.81. The lowest BCUT2D eigenvalue weighted by Gasteiger charge is -2.15. The first-order valence-electron chi connectivity index (χ1n) is 7.71. The molecule has 0 bridgehead atoms. The number of rotatable bonds is 5. The molecular formula is C18H23N3O2. The number of aromatic amines is 1. The van der Waals surface area contributed by atoms with Crippen LogP contribution in [0.15, 0.2) is 41.3 Å². The SMILES string of the molecule is Cc1cc(=O)[nH]cc1C(=O)NCC(N)c1ccc(C(C)C)cc1. The fraction of sp³-hybridized carbons (Fsp3) is 0.333. The second-order valence-corrected chi connectivity index (χ2v) is 6.03. The van der Waals surface area contributed by atoms with Crippen LogP contribution in [0.3, 0.4) is 0 Å². The van der Waals surface area contributed by atoms with Crippen LogP contribution < -0.4 is 16.6 Å². The molecule has 1 amide bonds. The van der Waals surface area contributed by atoms with E-state index in [1.54, 1.807) is 6.92 Å². The topological polar surface area (TPSA) is 88.0 Å². The van der Waals surface area contributed by atoms with Crippen LogP contribution in [0, 0.1) is 6.92 Å². The van der Waals surface area contributed by atoms with Crippen molar-refractivity contribution in [2.75, 3.05) is 6.54 Å². The normalized spacial score (nSPS) is 12.2. The number of aryl methyl sites for hydroxylation is 1. The summed E-state index contributed by atoms with van der Waals surface area (Å²) in [6.45, 7) is 6.34. The van der Waals surface area contributed by atoms with Gasteiger partial charge in [-0.05, 0) is 29.5 Å². The van der Waals surface area contributed by atoms with Crippen LogP contribution in [0.25, 0.3) is 0 Å². The van der Waals surface area contributed by atoms with Crippen molar-refractivity contribution >= 4 is 5.91 Å². The highest BCUT2D eigenvalue weighted by atomic mass is 16.1. The third-order valence-corrected chi connectivity index (χ3v) is 3.89. The zero-order chi connectivity index (χ0) is 17.0.